The molecule has 0 unspecified atom stereocenters. The monoisotopic (exact) mass is 667 g/mol. The Hall–Kier alpha value is -3.44. The van der Waals surface area contributed by atoms with Gasteiger partial charge in [0.05, 0.1) is 41.6 Å². The van der Waals surface area contributed by atoms with Crippen molar-refractivity contribution >= 4 is 27.8 Å². The molecule has 2 saturated heterocycles. The SMILES string of the molecule is O=C(O)C(F)(F)F.[2H]C([2H])(N(CC(C)C)S(=O)(=O)c1ccc(N)cc1)[C@]([2H])(O)[C@H](Cc1ccccc1)NC(=O)O[C@]1([2H])[C@@H]2CCO[C@@H]2OC1([2H])[2H]. The number of rotatable bonds is 11. The lowest BCUT2D eigenvalue weighted by molar-refractivity contribution is -0.192. The molecule has 0 saturated carbocycles. The Kier molecular flexibility index (Phi) is 9.72. The van der Waals surface area contributed by atoms with Gasteiger partial charge in [-0.05, 0) is 48.6 Å². The van der Waals surface area contributed by atoms with Crippen LogP contribution in [0.2, 0.25) is 0 Å². The summed E-state index contributed by atoms with van der Waals surface area (Å²) in [4.78, 5) is 21.8. The van der Waals surface area contributed by atoms with Crippen molar-refractivity contribution < 1.29 is 63.8 Å². The van der Waals surface area contributed by atoms with Crippen LogP contribution in [0.3, 0.4) is 0 Å². The second kappa shape index (κ2) is 15.7. The zero-order valence-corrected chi connectivity index (χ0v) is 25.0. The lowest BCUT2D eigenvalue weighted by atomic mass is 10.0. The number of carbonyl (C=O) groups is 2. The summed E-state index contributed by atoms with van der Waals surface area (Å²) in [7, 11) is -4.67. The maximum absolute atomic E-state index is 13.8. The van der Waals surface area contributed by atoms with E-state index in [1.165, 1.54) is 24.3 Å². The molecule has 5 N–H and O–H groups in total. The van der Waals surface area contributed by atoms with Crippen LogP contribution in [-0.2, 0) is 35.4 Å². The van der Waals surface area contributed by atoms with Crippen molar-refractivity contribution in [3.63, 3.8) is 0 Å². The van der Waals surface area contributed by atoms with E-state index in [9.17, 15) is 31.5 Å². The van der Waals surface area contributed by atoms with Gasteiger partial charge in [0.25, 0.3) is 0 Å². The Morgan fingerprint density at radius 2 is 1.84 bits per heavy atom. The van der Waals surface area contributed by atoms with E-state index >= 15 is 0 Å². The number of ether oxygens (including phenoxy) is 3. The first kappa shape index (κ1) is 27.8. The van der Waals surface area contributed by atoms with Crippen molar-refractivity contribution in [3.05, 3.63) is 60.2 Å². The number of aliphatic carboxylic acids is 1. The summed E-state index contributed by atoms with van der Waals surface area (Å²) in [5, 5.41) is 21.0. The molecule has 12 nitrogen and oxygen atoms in total. The molecule has 5 atom stereocenters. The summed E-state index contributed by atoms with van der Waals surface area (Å²) < 4.78 is 127. The average Bonchev–Trinajstić information content (AvgIpc) is 3.54. The van der Waals surface area contributed by atoms with Gasteiger partial charge in [-0.3, -0.25) is 0 Å². The predicted molar refractivity (Wildman–Crippen MR) is 155 cm³/mol. The fraction of sp³-hybridized carbons (Fsp3) is 0.517. The summed E-state index contributed by atoms with van der Waals surface area (Å²) >= 11 is 0. The van der Waals surface area contributed by atoms with Gasteiger partial charge in [0.2, 0.25) is 10.0 Å². The van der Waals surface area contributed by atoms with Crippen molar-refractivity contribution in [1.82, 2.24) is 9.62 Å². The third kappa shape index (κ3) is 10.6. The van der Waals surface area contributed by atoms with E-state index in [2.05, 4.69) is 5.32 Å². The number of amides is 1. The highest BCUT2D eigenvalue weighted by molar-refractivity contribution is 7.89. The molecular formula is C29H38F3N3O9S. The zero-order valence-electron chi connectivity index (χ0n) is 30.2. The smallest absolute Gasteiger partial charge is 0.475 e. The van der Waals surface area contributed by atoms with Crippen molar-refractivity contribution in [3.8, 4) is 0 Å². The van der Waals surface area contributed by atoms with Crippen LogP contribution in [0, 0.1) is 11.8 Å². The molecule has 16 heteroatoms. The number of fused-ring (bicyclic) bond motifs is 1. The van der Waals surface area contributed by atoms with Crippen LogP contribution in [-0.4, -0.2) is 91.9 Å². The van der Waals surface area contributed by atoms with Gasteiger partial charge in [0.15, 0.2) is 6.29 Å². The lowest BCUT2D eigenvalue weighted by Crippen LogP contribution is -2.51. The number of nitrogen functional groups attached to an aromatic ring is 1. The topological polar surface area (TPSA) is 178 Å². The number of benzene rings is 2. The minimum Gasteiger partial charge on any atom is -0.475 e. The Bertz CT molecular complexity index is 1640. The standard InChI is InChI=1S/C27H37N3O7S.C2HF3O2/c1-18(2)15-30(38(33,34)21-10-8-20(28)9-11-21)16-24(31)23(14-19-6-4-3-5-7-19)29-27(32)37-25-17-36-26-22(25)12-13-35-26;3-2(4,5)1(6)7/h3-11,18,22-26,31H,12-17,28H2,1-2H3,(H,29,32);(H,6,7)/t22-,23-,24-,25-,26+;/m0./s1/i16D2,17D2,24D,25D;. The molecule has 2 aromatic rings. The molecule has 0 spiro atoms. The predicted octanol–water partition coefficient (Wildman–Crippen LogP) is 3.01. The van der Waals surface area contributed by atoms with Crippen LogP contribution < -0.4 is 11.1 Å². The van der Waals surface area contributed by atoms with Gasteiger partial charge in [-0.1, -0.05) is 44.2 Å². The summed E-state index contributed by atoms with van der Waals surface area (Å²) in [6.07, 6.45) is -13.8. The molecule has 0 bridgehead atoms. The summed E-state index contributed by atoms with van der Waals surface area (Å²) in [6, 6.07) is 11.3. The van der Waals surface area contributed by atoms with Crippen LogP contribution in [0.5, 0.6) is 0 Å². The van der Waals surface area contributed by atoms with Crippen molar-refractivity contribution in [2.45, 2.75) is 62.3 Å². The van der Waals surface area contributed by atoms with Gasteiger partial charge in [-0.25, -0.2) is 18.0 Å². The van der Waals surface area contributed by atoms with Gasteiger partial charge in [0.1, 0.15) is 6.08 Å². The van der Waals surface area contributed by atoms with Crippen LogP contribution >= 0.6 is 0 Å². The number of carboxylic acids is 1. The Labute approximate surface area is 267 Å². The van der Waals surface area contributed by atoms with Crippen molar-refractivity contribution in [2.75, 3.05) is 31.9 Å². The first-order chi connectivity index (χ1) is 23.3. The Morgan fingerprint density at radius 1 is 1.22 bits per heavy atom. The van der Waals surface area contributed by atoms with E-state index in [4.69, 9.17) is 38.1 Å². The number of hydrogen-bond donors (Lipinski definition) is 4. The highest BCUT2D eigenvalue weighted by Crippen LogP contribution is 2.33. The molecule has 2 heterocycles. The first-order valence-electron chi connectivity index (χ1n) is 16.5. The molecule has 2 aromatic carbocycles. The number of nitrogens with zero attached hydrogens (tertiary/aromatic N) is 1. The fourth-order valence-corrected chi connectivity index (χ4v) is 5.51. The normalized spacial score (nSPS) is 26.8. The second-order valence-electron chi connectivity index (χ2n) is 10.3. The van der Waals surface area contributed by atoms with E-state index in [1.54, 1.807) is 44.2 Å². The number of alkyl carbamates (subject to hydrolysis) is 1. The van der Waals surface area contributed by atoms with Crippen LogP contribution in [0.1, 0.15) is 34.1 Å². The lowest BCUT2D eigenvalue weighted by Gasteiger charge is -2.31. The number of carboxylic acid groups (broad SMARTS) is 1. The first-order valence-corrected chi connectivity index (χ1v) is 14.9. The van der Waals surface area contributed by atoms with Crippen molar-refractivity contribution in [1.29, 1.82) is 0 Å². The molecule has 2 fully saturated rings. The molecule has 4 rings (SSSR count). The number of nitrogens with one attached hydrogen (secondary N) is 1. The number of hydrogen-bond acceptors (Lipinski definition) is 9. The van der Waals surface area contributed by atoms with Crippen LogP contribution in [0.4, 0.5) is 23.7 Å². The van der Waals surface area contributed by atoms with Gasteiger partial charge < -0.3 is 35.5 Å². The average molecular weight is 668 g/mol. The minimum absolute atomic E-state index is 0.147. The largest absolute Gasteiger partial charge is 0.490 e. The third-order valence-corrected chi connectivity index (χ3v) is 7.93. The third-order valence-electron chi connectivity index (χ3n) is 6.24. The zero-order chi connectivity index (χ0) is 38.8. The minimum atomic E-state index is -5.08. The molecule has 2 aliphatic heterocycles. The van der Waals surface area contributed by atoms with Crippen molar-refractivity contribution in [2.24, 2.45) is 11.8 Å². The van der Waals surface area contributed by atoms with E-state index in [0.29, 0.717) is 9.87 Å². The molecule has 0 aromatic heterocycles. The number of carbonyl (C=O) groups excluding carboxylic acids is 1. The van der Waals surface area contributed by atoms with Gasteiger partial charge in [-0.15, -0.1) is 0 Å². The molecule has 1 amide bonds. The van der Waals surface area contributed by atoms with Gasteiger partial charge in [0, 0.05) is 21.5 Å². The molecule has 0 aliphatic carbocycles. The van der Waals surface area contributed by atoms with Crippen LogP contribution in [0.25, 0.3) is 0 Å². The summed E-state index contributed by atoms with van der Waals surface area (Å²) in [6.45, 7) is -3.17. The summed E-state index contributed by atoms with van der Waals surface area (Å²) in [5.41, 5.74) is 6.41. The summed E-state index contributed by atoms with van der Waals surface area (Å²) in [5.74, 6) is -4.19. The van der Waals surface area contributed by atoms with Gasteiger partial charge in [-0.2, -0.15) is 17.5 Å². The van der Waals surface area contributed by atoms with E-state index in [-0.39, 0.29) is 30.0 Å². The highest BCUT2D eigenvalue weighted by atomic mass is 32.2. The highest BCUT2D eigenvalue weighted by Gasteiger charge is 2.44. The number of sulfonamides is 1. The number of halogens is 3. The van der Waals surface area contributed by atoms with Gasteiger partial charge >= 0.3 is 18.2 Å². The number of aliphatic hydroxyl groups is 1. The van der Waals surface area contributed by atoms with E-state index in [0.717, 1.165) is 0 Å². The molecule has 2 aliphatic rings. The number of anilines is 1. The van der Waals surface area contributed by atoms with E-state index < -0.39 is 84.2 Å². The number of alkyl halides is 3. The molecule has 45 heavy (non-hydrogen) atoms. The van der Waals surface area contributed by atoms with Crippen LogP contribution in [0.15, 0.2) is 59.5 Å². The second-order valence-corrected chi connectivity index (χ2v) is 12.2. The Morgan fingerprint density at radius 3 is 2.42 bits per heavy atom. The maximum atomic E-state index is 13.8. The van der Waals surface area contributed by atoms with E-state index in [1.807, 2.05) is 0 Å². The number of nitrogens with two attached hydrogens (primary N) is 1. The maximum Gasteiger partial charge on any atom is 0.490 e. The molecular weight excluding hydrogens is 623 g/mol. The fourth-order valence-electron chi connectivity index (χ4n) is 4.07. The quantitative estimate of drug-likeness (QED) is 0.261. The molecule has 0 radical (unpaired) electrons. The molecule has 250 valence electrons. The Balaban J connectivity index is 0.000000908.